The van der Waals surface area contributed by atoms with E-state index in [1.54, 1.807) is 11.1 Å². The van der Waals surface area contributed by atoms with Gasteiger partial charge in [-0.25, -0.2) is 0 Å². The summed E-state index contributed by atoms with van der Waals surface area (Å²) in [5.74, 6) is 0. The zero-order valence-corrected chi connectivity index (χ0v) is 14.9. The average molecular weight is 319 g/mol. The van der Waals surface area contributed by atoms with Crippen LogP contribution >= 0.6 is 0 Å². The Morgan fingerprint density at radius 2 is 1.92 bits per heavy atom. The second kappa shape index (κ2) is 4.93. The molecule has 2 heteroatoms. The van der Waals surface area contributed by atoms with E-state index in [-0.39, 0.29) is 5.60 Å². The summed E-state index contributed by atoms with van der Waals surface area (Å²) in [6.07, 6.45) is 3.29. The Kier molecular flexibility index (Phi) is 3.02. The molecule has 0 saturated heterocycles. The van der Waals surface area contributed by atoms with Crippen molar-refractivity contribution in [2.75, 3.05) is 20.2 Å². The molecule has 5 rings (SSSR count). The van der Waals surface area contributed by atoms with Crippen LogP contribution in [0.1, 0.15) is 54.1 Å². The average Bonchev–Trinajstić information content (AvgIpc) is 2.90. The van der Waals surface area contributed by atoms with Gasteiger partial charge in [-0.15, -0.1) is 0 Å². The van der Waals surface area contributed by atoms with E-state index < -0.39 is 0 Å². The smallest absolute Gasteiger partial charge is 0.119 e. The molecule has 0 aromatic heterocycles. The Hall–Kier alpha value is -1.64. The molecule has 24 heavy (non-hydrogen) atoms. The third-order valence-electron chi connectivity index (χ3n) is 6.51. The Balaban J connectivity index is 1.90. The molecule has 0 amide bonds. The SMILES string of the molecule is CCO[C@]1(CC)c2cccc3c2-c2c1ccc1c2[C@@H](C3)N(C)CC1. The molecule has 2 atom stereocenters. The normalized spacial score (nSPS) is 26.5. The van der Waals surface area contributed by atoms with Crippen molar-refractivity contribution in [1.82, 2.24) is 4.90 Å². The number of ether oxygens (including phenoxy) is 1. The van der Waals surface area contributed by atoms with E-state index in [4.69, 9.17) is 4.74 Å². The lowest BCUT2D eigenvalue weighted by atomic mass is 9.77. The second-order valence-electron chi connectivity index (χ2n) is 7.46. The fraction of sp³-hybridized carbons (Fsp3) is 0.455. The highest BCUT2D eigenvalue weighted by atomic mass is 16.5. The van der Waals surface area contributed by atoms with Crippen LogP contribution < -0.4 is 0 Å². The van der Waals surface area contributed by atoms with Gasteiger partial charge in [-0.3, -0.25) is 4.90 Å². The second-order valence-corrected chi connectivity index (χ2v) is 7.46. The number of hydrogen-bond donors (Lipinski definition) is 0. The number of rotatable bonds is 3. The van der Waals surface area contributed by atoms with Crippen LogP contribution in [0, 0.1) is 0 Å². The van der Waals surface area contributed by atoms with Gasteiger partial charge in [0.25, 0.3) is 0 Å². The molecule has 1 aliphatic heterocycles. The summed E-state index contributed by atoms with van der Waals surface area (Å²) in [6, 6.07) is 12.1. The molecular weight excluding hydrogens is 294 g/mol. The zero-order chi connectivity index (χ0) is 16.5. The molecule has 0 N–H and O–H groups in total. The molecule has 2 aromatic rings. The summed E-state index contributed by atoms with van der Waals surface area (Å²) in [7, 11) is 2.28. The van der Waals surface area contributed by atoms with Crippen LogP contribution in [0.25, 0.3) is 11.1 Å². The van der Waals surface area contributed by atoms with Gasteiger partial charge in [0.05, 0.1) is 0 Å². The lowest BCUT2D eigenvalue weighted by Gasteiger charge is -2.39. The van der Waals surface area contributed by atoms with Crippen molar-refractivity contribution in [3.8, 4) is 11.1 Å². The largest absolute Gasteiger partial charge is 0.366 e. The van der Waals surface area contributed by atoms with Gasteiger partial charge in [0.15, 0.2) is 0 Å². The summed E-state index contributed by atoms with van der Waals surface area (Å²) in [6.45, 7) is 6.29. The summed E-state index contributed by atoms with van der Waals surface area (Å²) in [5, 5.41) is 0. The molecule has 0 radical (unpaired) electrons. The number of benzene rings is 2. The highest BCUT2D eigenvalue weighted by Crippen LogP contribution is 2.58. The first kappa shape index (κ1) is 14.7. The number of likely N-dealkylation sites (N-methyl/N-ethyl adjacent to an activating group) is 1. The van der Waals surface area contributed by atoms with Crippen molar-refractivity contribution in [2.45, 2.75) is 44.8 Å². The van der Waals surface area contributed by atoms with E-state index >= 15 is 0 Å². The summed E-state index contributed by atoms with van der Waals surface area (Å²) in [4.78, 5) is 2.55. The van der Waals surface area contributed by atoms with Crippen LogP contribution in [0.15, 0.2) is 30.3 Å². The van der Waals surface area contributed by atoms with Gasteiger partial charge in [0.2, 0.25) is 0 Å². The number of hydrogen-bond acceptors (Lipinski definition) is 2. The predicted octanol–water partition coefficient (Wildman–Crippen LogP) is 4.44. The molecule has 1 heterocycles. The fourth-order valence-electron chi connectivity index (χ4n) is 5.44. The molecule has 0 fully saturated rings. The van der Waals surface area contributed by atoms with Crippen LogP contribution in [-0.4, -0.2) is 25.1 Å². The first-order valence-electron chi connectivity index (χ1n) is 9.34. The van der Waals surface area contributed by atoms with E-state index in [9.17, 15) is 0 Å². The van der Waals surface area contributed by atoms with Crippen molar-refractivity contribution in [3.63, 3.8) is 0 Å². The van der Waals surface area contributed by atoms with Crippen LogP contribution in [0.3, 0.4) is 0 Å². The van der Waals surface area contributed by atoms with Gasteiger partial charge in [0.1, 0.15) is 5.60 Å². The Morgan fingerprint density at radius 3 is 2.71 bits per heavy atom. The van der Waals surface area contributed by atoms with Crippen molar-refractivity contribution < 1.29 is 4.74 Å². The molecule has 0 saturated carbocycles. The summed E-state index contributed by atoms with van der Waals surface area (Å²) >= 11 is 0. The van der Waals surface area contributed by atoms with Crippen LogP contribution in [0.4, 0.5) is 0 Å². The molecule has 2 aliphatic carbocycles. The van der Waals surface area contributed by atoms with Gasteiger partial charge in [-0.2, -0.15) is 0 Å². The highest BCUT2D eigenvalue weighted by Gasteiger charge is 2.48. The number of nitrogens with zero attached hydrogens (tertiary/aromatic N) is 1. The van der Waals surface area contributed by atoms with E-state index in [0.717, 1.165) is 26.0 Å². The van der Waals surface area contributed by atoms with Crippen molar-refractivity contribution in [1.29, 1.82) is 0 Å². The molecule has 2 aromatic carbocycles. The van der Waals surface area contributed by atoms with E-state index in [1.807, 2.05) is 0 Å². The third-order valence-corrected chi connectivity index (χ3v) is 6.51. The van der Waals surface area contributed by atoms with Crippen molar-refractivity contribution in [3.05, 3.63) is 58.1 Å². The molecule has 0 bridgehead atoms. The summed E-state index contributed by atoms with van der Waals surface area (Å²) < 4.78 is 6.47. The topological polar surface area (TPSA) is 12.5 Å². The zero-order valence-electron chi connectivity index (χ0n) is 14.9. The predicted molar refractivity (Wildman–Crippen MR) is 97.4 cm³/mol. The maximum atomic E-state index is 6.47. The first-order valence-corrected chi connectivity index (χ1v) is 9.34. The minimum absolute atomic E-state index is 0.255. The van der Waals surface area contributed by atoms with Crippen LogP contribution in [-0.2, 0) is 23.2 Å². The van der Waals surface area contributed by atoms with E-state index in [2.05, 4.69) is 56.1 Å². The van der Waals surface area contributed by atoms with Crippen molar-refractivity contribution in [2.24, 2.45) is 0 Å². The lowest BCUT2D eigenvalue weighted by Crippen LogP contribution is -2.35. The molecule has 0 spiro atoms. The van der Waals surface area contributed by atoms with E-state index in [1.165, 1.54) is 34.2 Å². The standard InChI is InChI=1S/C22H25NO/c1-4-22(24-5-2)16-8-6-7-15-13-18-20-14(11-12-23(18)3)9-10-17(22)21(20)19(15)16/h6-10,18H,4-5,11-13H2,1-3H3/t18-,22-/m1/s1. The first-order chi connectivity index (χ1) is 11.7. The Morgan fingerprint density at radius 1 is 1.08 bits per heavy atom. The molecular formula is C22H25NO. The van der Waals surface area contributed by atoms with Crippen molar-refractivity contribution >= 4 is 0 Å². The summed E-state index contributed by atoms with van der Waals surface area (Å²) in [5.41, 5.74) is 10.2. The monoisotopic (exact) mass is 319 g/mol. The van der Waals surface area contributed by atoms with E-state index in [0.29, 0.717) is 6.04 Å². The fourth-order valence-corrected chi connectivity index (χ4v) is 5.44. The maximum absolute atomic E-state index is 6.47. The van der Waals surface area contributed by atoms with Gasteiger partial charge in [0, 0.05) is 19.2 Å². The molecule has 124 valence electrons. The maximum Gasteiger partial charge on any atom is 0.119 e. The van der Waals surface area contributed by atoms with Gasteiger partial charge in [-0.1, -0.05) is 37.3 Å². The molecule has 0 unspecified atom stereocenters. The molecule has 3 aliphatic rings. The minimum atomic E-state index is -0.255. The van der Waals surface area contributed by atoms with Gasteiger partial charge < -0.3 is 4.74 Å². The Labute approximate surface area is 144 Å². The highest BCUT2D eigenvalue weighted by molar-refractivity contribution is 5.88. The molecule has 2 nitrogen and oxygen atoms in total. The van der Waals surface area contributed by atoms with Gasteiger partial charge in [-0.05, 0) is 72.2 Å². The quantitative estimate of drug-likeness (QED) is 0.829. The lowest BCUT2D eigenvalue weighted by molar-refractivity contribution is -0.0106. The van der Waals surface area contributed by atoms with Crippen LogP contribution in [0.5, 0.6) is 0 Å². The third kappa shape index (κ3) is 1.59. The Bertz CT molecular complexity index is 840. The van der Waals surface area contributed by atoms with Crippen LogP contribution in [0.2, 0.25) is 0 Å². The minimum Gasteiger partial charge on any atom is -0.366 e. The van der Waals surface area contributed by atoms with Gasteiger partial charge >= 0.3 is 0 Å².